The predicted molar refractivity (Wildman–Crippen MR) is 109 cm³/mol. The topological polar surface area (TPSA) is 127 Å². The van der Waals surface area contributed by atoms with Gasteiger partial charge in [-0.25, -0.2) is 14.4 Å². The molecule has 2 heterocycles. The van der Waals surface area contributed by atoms with Crippen LogP contribution in [0.5, 0.6) is 0 Å². The van der Waals surface area contributed by atoms with Gasteiger partial charge in [0.05, 0.1) is 21.3 Å². The lowest BCUT2D eigenvalue weighted by molar-refractivity contribution is -0.270. The number of rotatable bonds is 7. The Kier molecular flexibility index (Phi) is 7.00. The zero-order valence-electron chi connectivity index (χ0n) is 19.5. The molecule has 0 spiro atoms. The number of hydrogen-bond donors (Lipinski definition) is 1. The van der Waals surface area contributed by atoms with Crippen LogP contribution in [0.15, 0.2) is 0 Å². The lowest BCUT2D eigenvalue weighted by atomic mass is 9.73. The van der Waals surface area contributed by atoms with Crippen LogP contribution in [0.25, 0.3) is 0 Å². The van der Waals surface area contributed by atoms with Gasteiger partial charge in [0.2, 0.25) is 11.7 Å². The molecular formula is C20H34O10Si. The van der Waals surface area contributed by atoms with Gasteiger partial charge in [-0.2, -0.15) is 0 Å². The van der Waals surface area contributed by atoms with Gasteiger partial charge in [0.1, 0.15) is 0 Å². The monoisotopic (exact) mass is 462 g/mol. The van der Waals surface area contributed by atoms with Gasteiger partial charge in [0, 0.05) is 19.4 Å². The fraction of sp³-hybridized carbons (Fsp3) is 0.850. The number of aliphatic hydroxyl groups is 1. The van der Waals surface area contributed by atoms with Gasteiger partial charge in [-0.15, -0.1) is 0 Å². The number of ether oxygens (including phenoxy) is 5. The Morgan fingerprint density at radius 3 is 2.06 bits per heavy atom. The average Bonchev–Trinajstić information content (AvgIpc) is 3.00. The van der Waals surface area contributed by atoms with E-state index in [0.717, 1.165) is 14.2 Å². The van der Waals surface area contributed by atoms with E-state index in [9.17, 15) is 19.5 Å². The third-order valence-electron chi connectivity index (χ3n) is 6.65. The summed E-state index contributed by atoms with van der Waals surface area (Å²) in [5, 5.41) is 9.21. The van der Waals surface area contributed by atoms with Crippen LogP contribution >= 0.6 is 0 Å². The Labute approximate surface area is 183 Å². The lowest BCUT2D eigenvalue weighted by Gasteiger charge is -2.52. The Balaban J connectivity index is 2.84. The number of esters is 3. The highest BCUT2D eigenvalue weighted by Crippen LogP contribution is 2.58. The molecule has 10 nitrogen and oxygen atoms in total. The Bertz CT molecular complexity index is 732. The molecule has 0 aromatic carbocycles. The van der Waals surface area contributed by atoms with Gasteiger partial charge >= 0.3 is 17.9 Å². The van der Waals surface area contributed by atoms with Crippen molar-refractivity contribution in [2.24, 2.45) is 0 Å². The molecule has 4 atom stereocenters. The molecule has 2 aliphatic rings. The Morgan fingerprint density at radius 1 is 1.03 bits per heavy atom. The molecule has 1 N–H and O–H groups in total. The molecule has 11 heteroatoms. The maximum atomic E-state index is 13.4. The van der Waals surface area contributed by atoms with E-state index in [0.29, 0.717) is 0 Å². The fourth-order valence-corrected chi connectivity index (χ4v) is 5.51. The smallest absolute Gasteiger partial charge is 0.345 e. The average molecular weight is 463 g/mol. The van der Waals surface area contributed by atoms with Crippen LogP contribution in [0.1, 0.15) is 40.0 Å². The summed E-state index contributed by atoms with van der Waals surface area (Å²) in [6, 6.07) is 0. The highest BCUT2D eigenvalue weighted by atomic mass is 28.4. The van der Waals surface area contributed by atoms with Crippen LogP contribution in [0.4, 0.5) is 0 Å². The van der Waals surface area contributed by atoms with Gasteiger partial charge in [-0.3, -0.25) is 0 Å². The zero-order valence-corrected chi connectivity index (χ0v) is 20.5. The molecule has 0 aromatic heterocycles. The first-order valence-corrected chi connectivity index (χ1v) is 13.1. The molecule has 0 aliphatic carbocycles. The van der Waals surface area contributed by atoms with E-state index >= 15 is 0 Å². The largest absolute Gasteiger partial charge is 0.467 e. The second-order valence-electron chi connectivity index (χ2n) is 9.42. The molecular weight excluding hydrogens is 428 g/mol. The summed E-state index contributed by atoms with van der Waals surface area (Å²) in [6.45, 7) is 9.38. The van der Waals surface area contributed by atoms with Gasteiger partial charge < -0.3 is 33.2 Å². The second-order valence-corrected chi connectivity index (χ2v) is 14.1. The van der Waals surface area contributed by atoms with Crippen LogP contribution in [-0.4, -0.2) is 82.4 Å². The molecule has 0 aromatic rings. The van der Waals surface area contributed by atoms with E-state index in [4.69, 9.17) is 28.1 Å². The molecule has 2 saturated heterocycles. The van der Waals surface area contributed by atoms with Gasteiger partial charge in [-0.1, -0.05) is 20.8 Å². The molecule has 2 aliphatic heterocycles. The number of carbonyl (C=O) groups excluding carboxylic acids is 3. The van der Waals surface area contributed by atoms with Crippen molar-refractivity contribution < 1.29 is 47.6 Å². The van der Waals surface area contributed by atoms with Gasteiger partial charge in [-0.05, 0) is 24.6 Å². The first-order valence-electron chi connectivity index (χ1n) is 10.2. The van der Waals surface area contributed by atoms with Crippen molar-refractivity contribution in [2.75, 3.05) is 27.9 Å². The molecule has 2 rings (SSSR count). The minimum absolute atomic E-state index is 0.0312. The van der Waals surface area contributed by atoms with E-state index in [1.54, 1.807) is 0 Å². The van der Waals surface area contributed by atoms with E-state index in [2.05, 4.69) is 0 Å². The number of methoxy groups -OCH3 is 3. The third kappa shape index (κ3) is 3.80. The molecule has 0 amide bonds. The highest BCUT2D eigenvalue weighted by molar-refractivity contribution is 6.74. The summed E-state index contributed by atoms with van der Waals surface area (Å²) in [6.07, 6.45) is -1.67. The van der Waals surface area contributed by atoms with Crippen LogP contribution in [0.3, 0.4) is 0 Å². The predicted octanol–water partition coefficient (Wildman–Crippen LogP) is 1.29. The summed E-state index contributed by atoms with van der Waals surface area (Å²) in [5.41, 5.74) is -4.34. The van der Waals surface area contributed by atoms with E-state index in [1.807, 2.05) is 33.9 Å². The van der Waals surface area contributed by atoms with Crippen molar-refractivity contribution in [2.45, 2.75) is 81.3 Å². The van der Waals surface area contributed by atoms with Crippen LogP contribution in [0, 0.1) is 0 Å². The van der Waals surface area contributed by atoms with Crippen molar-refractivity contribution in [1.29, 1.82) is 0 Å². The van der Waals surface area contributed by atoms with Gasteiger partial charge in [0.25, 0.3) is 0 Å². The summed E-state index contributed by atoms with van der Waals surface area (Å²) >= 11 is 0. The molecule has 0 saturated carbocycles. The molecule has 0 radical (unpaired) electrons. The normalized spacial score (nSPS) is 33.0. The van der Waals surface area contributed by atoms with Crippen molar-refractivity contribution in [1.82, 2.24) is 0 Å². The van der Waals surface area contributed by atoms with Crippen molar-refractivity contribution in [3.63, 3.8) is 0 Å². The zero-order chi connectivity index (χ0) is 23.9. The molecule has 2 bridgehead atoms. The number of carbonyl (C=O) groups is 3. The van der Waals surface area contributed by atoms with Crippen LogP contribution in [0.2, 0.25) is 18.1 Å². The quantitative estimate of drug-likeness (QED) is 0.336. The van der Waals surface area contributed by atoms with Crippen LogP contribution < -0.4 is 0 Å². The van der Waals surface area contributed by atoms with Crippen LogP contribution in [-0.2, 0) is 42.5 Å². The Hall–Kier alpha value is -1.53. The fourth-order valence-electron chi connectivity index (χ4n) is 3.99. The third-order valence-corrected chi connectivity index (χ3v) is 11.1. The molecule has 0 unspecified atom stereocenters. The number of fused-ring (bicyclic) bond motifs is 2. The standard InChI is InChI=1S/C20H34O10Si/c1-17(2,3)31(7,8)30-19(15(23)26-5)10-9-18(11-12-21)28-13(14(22)25-4)20(19,29-18)16(24)27-6/h13,21H,9-12H2,1-8H3/t13-,18-,19+,20-/m1/s1. The summed E-state index contributed by atoms with van der Waals surface area (Å²) in [5.74, 6) is -4.32. The summed E-state index contributed by atoms with van der Waals surface area (Å²) in [7, 11) is 0.663. The summed E-state index contributed by atoms with van der Waals surface area (Å²) in [4.78, 5) is 39.5. The van der Waals surface area contributed by atoms with Crippen molar-refractivity contribution >= 4 is 26.2 Å². The summed E-state index contributed by atoms with van der Waals surface area (Å²) < 4.78 is 33.6. The van der Waals surface area contributed by atoms with E-state index in [1.165, 1.54) is 7.11 Å². The number of hydrogen-bond acceptors (Lipinski definition) is 10. The minimum Gasteiger partial charge on any atom is -0.467 e. The minimum atomic E-state index is -2.75. The lowest BCUT2D eigenvalue weighted by Crippen LogP contribution is -2.75. The number of aliphatic hydroxyl groups excluding tert-OH is 1. The maximum absolute atomic E-state index is 13.4. The first kappa shape index (κ1) is 25.7. The van der Waals surface area contributed by atoms with Crippen molar-refractivity contribution in [3.8, 4) is 0 Å². The van der Waals surface area contributed by atoms with Gasteiger partial charge in [0.15, 0.2) is 19.7 Å². The Morgan fingerprint density at radius 2 is 1.61 bits per heavy atom. The molecule has 178 valence electrons. The highest BCUT2D eigenvalue weighted by Gasteiger charge is 2.81. The SMILES string of the molecule is COC(=O)[C@H]1O[C@]2(CCO)CC[C@](O[Si](C)(C)C(C)(C)C)(C(=O)OC)[C@@]1(C(=O)OC)O2. The molecule has 31 heavy (non-hydrogen) atoms. The van der Waals surface area contributed by atoms with E-state index < -0.39 is 49.3 Å². The maximum Gasteiger partial charge on any atom is 0.345 e. The second kappa shape index (κ2) is 8.43. The first-order chi connectivity index (χ1) is 14.2. The van der Waals surface area contributed by atoms with E-state index in [-0.39, 0.29) is 30.9 Å². The molecule has 2 fully saturated rings. The van der Waals surface area contributed by atoms with Crippen molar-refractivity contribution in [3.05, 3.63) is 0 Å².